The van der Waals surface area contributed by atoms with Gasteiger partial charge in [0.2, 0.25) is 5.28 Å². The van der Waals surface area contributed by atoms with Crippen LogP contribution in [0.15, 0.2) is 50.7 Å². The molecule has 6 rings (SSSR count). The van der Waals surface area contributed by atoms with Crippen LogP contribution >= 0.6 is 11.6 Å². The molecule has 1 aromatic carbocycles. The van der Waals surface area contributed by atoms with Crippen LogP contribution in [0.5, 0.6) is 5.75 Å². The van der Waals surface area contributed by atoms with Gasteiger partial charge in [0.15, 0.2) is 33.8 Å². The predicted octanol–water partition coefficient (Wildman–Crippen LogP) is 4.10. The number of aliphatic hydroxyl groups is 1. The number of aryl methyl sites for hydroxylation is 4. The molecule has 4 aromatic heterocycles. The minimum atomic E-state index is -1.54. The highest BCUT2D eigenvalue weighted by Gasteiger charge is 2.50. The van der Waals surface area contributed by atoms with E-state index in [2.05, 4.69) is 20.9 Å². The Balaban J connectivity index is 1.30. The van der Waals surface area contributed by atoms with E-state index in [0.29, 0.717) is 11.3 Å². The third-order valence-electron chi connectivity index (χ3n) is 9.68. The van der Waals surface area contributed by atoms with Gasteiger partial charge in [0.1, 0.15) is 36.6 Å². The number of hydrogen-bond donors (Lipinski definition) is 1. The molecular weight excluding hydrogens is 754 g/mol. The van der Waals surface area contributed by atoms with Crippen molar-refractivity contribution >= 4 is 34.7 Å². The monoisotopic (exact) mass is 793 g/mol. The second-order valence-electron chi connectivity index (χ2n) is 14.3. The number of fused-ring (bicyclic) bond motifs is 1. The van der Waals surface area contributed by atoms with Crippen molar-refractivity contribution in [3.63, 3.8) is 0 Å². The van der Waals surface area contributed by atoms with Crippen molar-refractivity contribution in [2.45, 2.75) is 91.6 Å². The van der Waals surface area contributed by atoms with Gasteiger partial charge in [0.25, 0.3) is 0 Å². The lowest BCUT2D eigenvalue weighted by atomic mass is 9.78. The Kier molecular flexibility index (Phi) is 11.0. The van der Waals surface area contributed by atoms with Crippen LogP contribution in [0.2, 0.25) is 5.28 Å². The molecular formula is C38H40ClN5O12. The van der Waals surface area contributed by atoms with Gasteiger partial charge in [-0.3, -0.25) is 23.7 Å². The lowest BCUT2D eigenvalue weighted by Crippen LogP contribution is -2.42. The maximum Gasteiger partial charge on any atom is 0.519 e. The van der Waals surface area contributed by atoms with Crippen LogP contribution in [0.25, 0.3) is 11.2 Å². The molecule has 0 spiro atoms. The van der Waals surface area contributed by atoms with Crippen molar-refractivity contribution in [3.8, 4) is 18.1 Å². The molecule has 5 aromatic rings. The maximum absolute atomic E-state index is 13.5. The van der Waals surface area contributed by atoms with Crippen LogP contribution in [-0.4, -0.2) is 55.0 Å². The molecule has 0 saturated carbocycles. The Morgan fingerprint density at radius 3 is 2.39 bits per heavy atom. The zero-order valence-corrected chi connectivity index (χ0v) is 32.5. The first kappa shape index (κ1) is 40.0. The number of benzene rings is 1. The lowest BCUT2D eigenvalue weighted by molar-refractivity contribution is -0.156. The van der Waals surface area contributed by atoms with Gasteiger partial charge in [-0.05, 0) is 56.5 Å². The Morgan fingerprint density at radius 1 is 1.11 bits per heavy atom. The second kappa shape index (κ2) is 15.4. The van der Waals surface area contributed by atoms with Gasteiger partial charge in [-0.2, -0.15) is 4.98 Å². The second-order valence-corrected chi connectivity index (χ2v) is 14.6. The molecule has 1 aliphatic heterocycles. The number of carbonyl (C=O) groups is 2. The van der Waals surface area contributed by atoms with Crippen LogP contribution in [-0.2, 0) is 37.6 Å². The first-order valence-electron chi connectivity index (χ1n) is 17.5. The fourth-order valence-corrected chi connectivity index (χ4v) is 7.32. The SMILES string of the molecule is C#CC1(COC(=O)CC(C)(C)c2c(C)cc(C)cc2OC(C)=O)OC(n2cnc3c(=NCc4oc(=O)oc4C)n(Cc4oc(=O)oc4C)c(Cl)nc32)C[C@@H]1CO. The Morgan fingerprint density at radius 2 is 1.79 bits per heavy atom. The molecule has 56 heavy (non-hydrogen) atoms. The molecule has 5 heterocycles. The van der Waals surface area contributed by atoms with Gasteiger partial charge in [-0.1, -0.05) is 25.8 Å². The minimum absolute atomic E-state index is 0.0937. The van der Waals surface area contributed by atoms with E-state index in [1.165, 1.54) is 17.8 Å². The van der Waals surface area contributed by atoms with Gasteiger partial charge >= 0.3 is 23.6 Å². The Bertz CT molecular complexity index is 2560. The molecule has 1 saturated heterocycles. The first-order chi connectivity index (χ1) is 26.4. The predicted molar refractivity (Wildman–Crippen MR) is 196 cm³/mol. The Labute approximate surface area is 323 Å². The van der Waals surface area contributed by atoms with Gasteiger partial charge in [-0.15, -0.1) is 6.42 Å². The quantitative estimate of drug-likeness (QED) is 0.0815. The molecule has 18 heteroatoms. The third kappa shape index (κ3) is 7.85. The van der Waals surface area contributed by atoms with E-state index in [-0.39, 0.29) is 77.5 Å². The van der Waals surface area contributed by atoms with E-state index in [0.717, 1.165) is 11.1 Å². The number of hydrogen-bond acceptors (Lipinski definition) is 15. The third-order valence-corrected chi connectivity index (χ3v) is 9.96. The highest BCUT2D eigenvalue weighted by atomic mass is 35.5. The van der Waals surface area contributed by atoms with Crippen molar-refractivity contribution in [1.29, 1.82) is 0 Å². The molecule has 0 bridgehead atoms. The zero-order chi connectivity index (χ0) is 40.7. The number of terminal acetylenes is 1. The summed E-state index contributed by atoms with van der Waals surface area (Å²) in [7, 11) is 0. The number of esters is 2. The van der Waals surface area contributed by atoms with Crippen LogP contribution in [0.1, 0.15) is 79.6 Å². The minimum Gasteiger partial charge on any atom is -0.461 e. The molecule has 3 atom stereocenters. The summed E-state index contributed by atoms with van der Waals surface area (Å²) < 4.78 is 41.0. The standard InChI is InChI=1S/C38H40ClN5O12/c1-9-38(17-50-29(47)13-37(7,8)30-20(3)10-19(2)11-25(30)53-23(6)46)24(16-45)12-28(56-38)44-18-41-31-32(40-14-26-21(4)51-35(48)54-26)43(34(39)42-33(31)44)15-27-22(5)52-36(49)55-27/h1,10-11,18,24,28,45H,12-17H2,2-8H3/t24-,28?,38?/m1/s1. The van der Waals surface area contributed by atoms with E-state index >= 15 is 0 Å². The summed E-state index contributed by atoms with van der Waals surface area (Å²) in [6.45, 7) is 10.8. The number of carbonyl (C=O) groups excluding carboxylic acids is 2. The molecule has 2 unspecified atom stereocenters. The number of halogens is 1. The first-order valence-corrected chi connectivity index (χ1v) is 17.9. The van der Waals surface area contributed by atoms with Gasteiger partial charge in [0, 0.05) is 36.8 Å². The van der Waals surface area contributed by atoms with E-state index < -0.39 is 53.4 Å². The fraction of sp³-hybridized carbons (Fsp3) is 0.447. The summed E-state index contributed by atoms with van der Waals surface area (Å²) in [5.41, 5.74) is 0.678. The summed E-state index contributed by atoms with van der Waals surface area (Å²) in [5, 5.41) is 10.4. The number of rotatable bonds is 12. The molecule has 296 valence electrons. The smallest absolute Gasteiger partial charge is 0.461 e. The van der Waals surface area contributed by atoms with Crippen molar-refractivity contribution < 1.29 is 46.6 Å². The van der Waals surface area contributed by atoms with Gasteiger partial charge in [0.05, 0.1) is 19.3 Å². The number of aromatic nitrogens is 4. The summed E-state index contributed by atoms with van der Waals surface area (Å²) >= 11 is 6.76. The van der Waals surface area contributed by atoms with E-state index in [1.54, 1.807) is 24.5 Å². The van der Waals surface area contributed by atoms with Crippen LogP contribution in [0, 0.1) is 46.0 Å². The molecule has 17 nitrogen and oxygen atoms in total. The largest absolute Gasteiger partial charge is 0.519 e. The van der Waals surface area contributed by atoms with Crippen LogP contribution < -0.4 is 21.9 Å². The molecule has 0 radical (unpaired) electrons. The highest BCUT2D eigenvalue weighted by molar-refractivity contribution is 6.28. The Hall–Kier alpha value is -5.70. The molecule has 1 N–H and O–H groups in total. The summed E-state index contributed by atoms with van der Waals surface area (Å²) in [4.78, 5) is 62.7. The van der Waals surface area contributed by atoms with Gasteiger partial charge < -0.3 is 37.0 Å². The van der Waals surface area contributed by atoms with Crippen LogP contribution in [0.3, 0.4) is 0 Å². The number of imidazole rings is 1. The van der Waals surface area contributed by atoms with Crippen molar-refractivity contribution in [1.82, 2.24) is 19.1 Å². The van der Waals surface area contributed by atoms with E-state index in [4.69, 9.17) is 49.9 Å². The average Bonchev–Trinajstić information content (AvgIpc) is 3.86. The van der Waals surface area contributed by atoms with Crippen molar-refractivity contribution in [3.05, 3.63) is 90.2 Å². The number of ether oxygens (including phenoxy) is 3. The molecule has 0 aliphatic carbocycles. The van der Waals surface area contributed by atoms with E-state index in [9.17, 15) is 24.3 Å². The molecule has 1 aliphatic rings. The van der Waals surface area contributed by atoms with Crippen LogP contribution in [0.4, 0.5) is 0 Å². The average molecular weight is 794 g/mol. The topological polar surface area (TPSA) is 217 Å². The molecule has 1 fully saturated rings. The highest BCUT2D eigenvalue weighted by Crippen LogP contribution is 2.43. The van der Waals surface area contributed by atoms with E-state index in [1.807, 2.05) is 33.8 Å². The zero-order valence-electron chi connectivity index (χ0n) is 31.8. The molecule has 0 amide bonds. The maximum atomic E-state index is 13.5. The summed E-state index contributed by atoms with van der Waals surface area (Å²) in [5.74, 6) is 0.189. The number of nitrogens with zero attached hydrogens (tertiary/aromatic N) is 5. The normalized spacial score (nSPS) is 18.8. The fourth-order valence-electron chi connectivity index (χ4n) is 7.10. The summed E-state index contributed by atoms with van der Waals surface area (Å²) in [6.07, 6.45) is 6.70. The van der Waals surface area contributed by atoms with Crippen molar-refractivity contribution in [2.75, 3.05) is 13.2 Å². The van der Waals surface area contributed by atoms with Gasteiger partial charge in [-0.25, -0.2) is 14.6 Å². The lowest BCUT2D eigenvalue weighted by Gasteiger charge is -2.31. The number of aliphatic hydroxyl groups excluding tert-OH is 1. The van der Waals surface area contributed by atoms with Crippen molar-refractivity contribution in [2.24, 2.45) is 10.9 Å². The summed E-state index contributed by atoms with van der Waals surface area (Å²) in [6, 6.07) is 3.69.